The number of hydrogen-bond acceptors (Lipinski definition) is 4. The Kier molecular flexibility index (Phi) is 7.06. The number of nitrogens with one attached hydrogen (secondary N) is 2. The molecule has 0 unspecified atom stereocenters. The normalized spacial score (nSPS) is 17.9. The quantitative estimate of drug-likeness (QED) is 0.590. The van der Waals surface area contributed by atoms with E-state index in [1.807, 2.05) is 0 Å². The lowest BCUT2D eigenvalue weighted by Crippen LogP contribution is -2.44. The fourth-order valence-corrected chi connectivity index (χ4v) is 4.44. The lowest BCUT2D eigenvalue weighted by atomic mass is 9.98. The van der Waals surface area contributed by atoms with Gasteiger partial charge in [-0.05, 0) is 44.7 Å². The van der Waals surface area contributed by atoms with Gasteiger partial charge < -0.3 is 10.6 Å². The Bertz CT molecular complexity index is 647. The van der Waals surface area contributed by atoms with Gasteiger partial charge in [-0.25, -0.2) is 17.7 Å². The molecule has 0 bridgehead atoms. The van der Waals surface area contributed by atoms with Crippen LogP contribution in [0.3, 0.4) is 0 Å². The monoisotopic (exact) mass is 372 g/mol. The summed E-state index contributed by atoms with van der Waals surface area (Å²) in [5, 5.41) is 6.67. The Labute approximate surface area is 149 Å². The number of thiophene rings is 1. The molecule has 1 aliphatic rings. The van der Waals surface area contributed by atoms with E-state index in [9.17, 15) is 8.42 Å². The number of rotatable bonds is 6. The van der Waals surface area contributed by atoms with Crippen molar-refractivity contribution in [1.29, 1.82) is 0 Å². The smallest absolute Gasteiger partial charge is 0.211 e. The van der Waals surface area contributed by atoms with Crippen molar-refractivity contribution in [3.8, 4) is 0 Å². The second-order valence-corrected chi connectivity index (χ2v) is 9.55. The third-order valence-electron chi connectivity index (χ3n) is 4.13. The number of aryl methyl sites for hydroxylation is 1. The van der Waals surface area contributed by atoms with Gasteiger partial charge in [-0.3, -0.25) is 0 Å². The average Bonchev–Trinajstić information content (AvgIpc) is 2.95. The van der Waals surface area contributed by atoms with E-state index in [1.165, 1.54) is 16.0 Å². The lowest BCUT2D eigenvalue weighted by molar-refractivity contribution is 0.275. The van der Waals surface area contributed by atoms with Gasteiger partial charge in [-0.15, -0.1) is 11.3 Å². The summed E-state index contributed by atoms with van der Waals surface area (Å²) in [6.45, 7) is 7.72. The number of nitrogens with zero attached hydrogens (tertiary/aromatic N) is 2. The number of guanidine groups is 1. The van der Waals surface area contributed by atoms with Crippen LogP contribution in [-0.2, 0) is 16.6 Å². The average molecular weight is 373 g/mol. The van der Waals surface area contributed by atoms with Gasteiger partial charge in [0.1, 0.15) is 0 Å². The van der Waals surface area contributed by atoms with Crippen molar-refractivity contribution in [2.75, 3.05) is 32.4 Å². The van der Waals surface area contributed by atoms with Crippen LogP contribution in [0.4, 0.5) is 0 Å². The topological polar surface area (TPSA) is 73.8 Å². The Hall–Kier alpha value is -1.12. The van der Waals surface area contributed by atoms with E-state index in [4.69, 9.17) is 0 Å². The Morgan fingerprint density at radius 2 is 2.04 bits per heavy atom. The minimum absolute atomic E-state index is 0.482. The minimum atomic E-state index is -3.05. The molecule has 0 saturated carbocycles. The predicted octanol–water partition coefficient (Wildman–Crippen LogP) is 1.78. The third kappa shape index (κ3) is 6.07. The van der Waals surface area contributed by atoms with E-state index in [0.29, 0.717) is 25.6 Å². The van der Waals surface area contributed by atoms with Gasteiger partial charge >= 0.3 is 0 Å². The summed E-state index contributed by atoms with van der Waals surface area (Å²) < 4.78 is 24.7. The van der Waals surface area contributed by atoms with Gasteiger partial charge in [-0.1, -0.05) is 0 Å². The minimum Gasteiger partial charge on any atom is -0.357 e. The first-order valence-electron chi connectivity index (χ1n) is 8.41. The molecule has 2 N–H and O–H groups in total. The SMILES string of the molecule is CCNC(=NCc1ccc(C)s1)NCC1CCN(S(C)(=O)=O)CC1. The summed E-state index contributed by atoms with van der Waals surface area (Å²) >= 11 is 1.77. The molecule has 136 valence electrons. The Morgan fingerprint density at radius 1 is 1.33 bits per heavy atom. The number of piperidine rings is 1. The molecule has 6 nitrogen and oxygen atoms in total. The summed E-state index contributed by atoms with van der Waals surface area (Å²) in [6.07, 6.45) is 3.07. The molecule has 8 heteroatoms. The molecule has 1 aromatic rings. The molecule has 1 aliphatic heterocycles. The van der Waals surface area contributed by atoms with Crippen molar-refractivity contribution < 1.29 is 8.42 Å². The van der Waals surface area contributed by atoms with Gasteiger partial charge in [0.25, 0.3) is 0 Å². The van der Waals surface area contributed by atoms with Gasteiger partial charge in [-0.2, -0.15) is 0 Å². The van der Waals surface area contributed by atoms with E-state index in [0.717, 1.165) is 31.9 Å². The second-order valence-electron chi connectivity index (χ2n) is 6.19. The first-order valence-corrected chi connectivity index (χ1v) is 11.1. The zero-order valence-electron chi connectivity index (χ0n) is 14.7. The molecule has 1 aromatic heterocycles. The third-order valence-corrected chi connectivity index (χ3v) is 6.42. The van der Waals surface area contributed by atoms with Crippen LogP contribution in [0.15, 0.2) is 17.1 Å². The molecule has 0 atom stereocenters. The molecule has 1 saturated heterocycles. The van der Waals surface area contributed by atoms with Crippen molar-refractivity contribution in [1.82, 2.24) is 14.9 Å². The molecule has 0 spiro atoms. The van der Waals surface area contributed by atoms with Crippen molar-refractivity contribution in [3.63, 3.8) is 0 Å². The molecule has 0 aliphatic carbocycles. The molecule has 2 heterocycles. The highest BCUT2D eigenvalue weighted by Gasteiger charge is 2.24. The zero-order chi connectivity index (χ0) is 17.6. The van der Waals surface area contributed by atoms with Crippen LogP contribution in [0.2, 0.25) is 0 Å². The summed E-state index contributed by atoms with van der Waals surface area (Å²) in [5.41, 5.74) is 0. The zero-order valence-corrected chi connectivity index (χ0v) is 16.3. The maximum atomic E-state index is 11.5. The number of aliphatic imine (C=N–C) groups is 1. The largest absolute Gasteiger partial charge is 0.357 e. The summed E-state index contributed by atoms with van der Waals surface area (Å²) in [7, 11) is -3.05. The van der Waals surface area contributed by atoms with Crippen LogP contribution in [0.1, 0.15) is 29.5 Å². The fraction of sp³-hybridized carbons (Fsp3) is 0.688. The van der Waals surface area contributed by atoms with E-state index < -0.39 is 10.0 Å². The Balaban J connectivity index is 1.81. The van der Waals surface area contributed by atoms with Crippen LogP contribution in [0.25, 0.3) is 0 Å². The molecule has 2 rings (SSSR count). The molecule has 0 radical (unpaired) electrons. The summed E-state index contributed by atoms with van der Waals surface area (Å²) in [4.78, 5) is 7.19. The first-order chi connectivity index (χ1) is 11.4. The van der Waals surface area contributed by atoms with Crippen LogP contribution in [0, 0.1) is 12.8 Å². The van der Waals surface area contributed by atoms with E-state index >= 15 is 0 Å². The highest BCUT2D eigenvalue weighted by atomic mass is 32.2. The highest BCUT2D eigenvalue weighted by molar-refractivity contribution is 7.88. The summed E-state index contributed by atoms with van der Waals surface area (Å²) in [5.74, 6) is 1.31. The van der Waals surface area contributed by atoms with Crippen LogP contribution in [-0.4, -0.2) is 51.1 Å². The second kappa shape index (κ2) is 8.82. The summed E-state index contributed by atoms with van der Waals surface area (Å²) in [6, 6.07) is 4.24. The predicted molar refractivity (Wildman–Crippen MR) is 101 cm³/mol. The molecule has 1 fully saturated rings. The van der Waals surface area contributed by atoms with Gasteiger partial charge in [0, 0.05) is 35.9 Å². The standard InChI is InChI=1S/C16H28N4O2S2/c1-4-17-16(19-12-15-6-5-13(2)23-15)18-11-14-7-9-20(10-8-14)24(3,21)22/h5-6,14H,4,7-12H2,1-3H3,(H2,17,18,19). The number of sulfonamides is 1. The molecule has 0 amide bonds. The first kappa shape index (κ1) is 19.2. The molecule has 24 heavy (non-hydrogen) atoms. The maximum absolute atomic E-state index is 11.5. The van der Waals surface area contributed by atoms with E-state index in [1.54, 1.807) is 15.6 Å². The van der Waals surface area contributed by atoms with Crippen LogP contribution < -0.4 is 10.6 Å². The Morgan fingerprint density at radius 3 is 2.58 bits per heavy atom. The molecular formula is C16H28N4O2S2. The van der Waals surface area contributed by atoms with Crippen molar-refractivity contribution >= 4 is 27.3 Å². The lowest BCUT2D eigenvalue weighted by Gasteiger charge is -2.30. The van der Waals surface area contributed by atoms with Crippen molar-refractivity contribution in [2.24, 2.45) is 10.9 Å². The van der Waals surface area contributed by atoms with Gasteiger partial charge in [0.05, 0.1) is 12.8 Å². The van der Waals surface area contributed by atoms with Gasteiger partial charge in [0.15, 0.2) is 5.96 Å². The highest BCUT2D eigenvalue weighted by Crippen LogP contribution is 2.18. The van der Waals surface area contributed by atoms with Crippen molar-refractivity contribution in [3.05, 3.63) is 21.9 Å². The van der Waals surface area contributed by atoms with Gasteiger partial charge in [0.2, 0.25) is 10.0 Å². The van der Waals surface area contributed by atoms with E-state index in [2.05, 4.69) is 41.6 Å². The fourth-order valence-electron chi connectivity index (χ4n) is 2.75. The molecule has 0 aromatic carbocycles. The molecular weight excluding hydrogens is 344 g/mol. The maximum Gasteiger partial charge on any atom is 0.211 e. The number of hydrogen-bond donors (Lipinski definition) is 2. The van der Waals surface area contributed by atoms with Crippen molar-refractivity contribution in [2.45, 2.75) is 33.2 Å². The van der Waals surface area contributed by atoms with E-state index in [-0.39, 0.29) is 0 Å². The van der Waals surface area contributed by atoms with Crippen LogP contribution in [0.5, 0.6) is 0 Å². The van der Waals surface area contributed by atoms with Crippen LogP contribution >= 0.6 is 11.3 Å².